The summed E-state index contributed by atoms with van der Waals surface area (Å²) in [5.41, 5.74) is -0.852. The summed E-state index contributed by atoms with van der Waals surface area (Å²) < 4.78 is 5.03. The van der Waals surface area contributed by atoms with Gasteiger partial charge in [0, 0.05) is 6.92 Å². The second-order valence-electron chi connectivity index (χ2n) is 5.47. The Morgan fingerprint density at radius 2 is 1.87 bits per heavy atom. The molecular weight excluding hydrogens is 302 g/mol. The first-order valence-corrected chi connectivity index (χ1v) is 7.19. The summed E-state index contributed by atoms with van der Waals surface area (Å²) in [6.45, 7) is 1.69. The van der Waals surface area contributed by atoms with Gasteiger partial charge in [-0.1, -0.05) is 18.0 Å². The van der Waals surface area contributed by atoms with Gasteiger partial charge in [-0.2, -0.15) is 4.98 Å². The first-order valence-electron chi connectivity index (χ1n) is 7.19. The van der Waals surface area contributed by atoms with Crippen LogP contribution in [0, 0.1) is 6.92 Å². The molecule has 0 aromatic carbocycles. The van der Waals surface area contributed by atoms with E-state index in [2.05, 4.69) is 25.4 Å². The Bertz CT molecular complexity index is 734. The lowest BCUT2D eigenvalue weighted by atomic mass is 9.96. The molecule has 3 rings (SSSR count). The molecule has 1 amide bonds. The summed E-state index contributed by atoms with van der Waals surface area (Å²) in [4.78, 5) is 35.0. The van der Waals surface area contributed by atoms with Gasteiger partial charge in [0.25, 0.3) is 5.91 Å². The molecule has 0 aliphatic heterocycles. The number of rotatable bonds is 4. The summed E-state index contributed by atoms with van der Waals surface area (Å²) in [7, 11) is 0. The standard InChI is InChI=1S/C14H15N5O4/c1-8-17-13(19-23-8)14(4-2-3-5-14)18-11(20)9-6-16-10(7-15-9)12(21)22/h6-7H,2-5H2,1H3,(H,18,20)(H,21,22). The van der Waals surface area contributed by atoms with Crippen LogP contribution < -0.4 is 5.32 Å². The Morgan fingerprint density at radius 1 is 1.22 bits per heavy atom. The number of carbonyl (C=O) groups excluding carboxylic acids is 1. The van der Waals surface area contributed by atoms with Crippen LogP contribution in [0.1, 0.15) is 58.4 Å². The van der Waals surface area contributed by atoms with E-state index in [0.29, 0.717) is 24.6 Å². The predicted octanol–water partition coefficient (Wildman–Crippen LogP) is 1.07. The van der Waals surface area contributed by atoms with Crippen LogP contribution in [-0.2, 0) is 5.54 Å². The van der Waals surface area contributed by atoms with Crippen molar-refractivity contribution in [1.82, 2.24) is 25.4 Å². The molecule has 23 heavy (non-hydrogen) atoms. The normalized spacial score (nSPS) is 16.2. The minimum absolute atomic E-state index is 0.0430. The van der Waals surface area contributed by atoms with E-state index < -0.39 is 17.4 Å². The number of amides is 1. The molecule has 2 N–H and O–H groups in total. The number of nitrogens with zero attached hydrogens (tertiary/aromatic N) is 4. The van der Waals surface area contributed by atoms with E-state index in [1.807, 2.05) is 0 Å². The van der Waals surface area contributed by atoms with E-state index in [1.54, 1.807) is 6.92 Å². The number of aromatic carboxylic acids is 1. The van der Waals surface area contributed by atoms with Gasteiger partial charge < -0.3 is 14.9 Å². The maximum atomic E-state index is 12.4. The van der Waals surface area contributed by atoms with Crippen LogP contribution in [0.3, 0.4) is 0 Å². The summed E-state index contributed by atoms with van der Waals surface area (Å²) >= 11 is 0. The molecule has 9 nitrogen and oxygen atoms in total. The van der Waals surface area contributed by atoms with Crippen LogP contribution in [0.5, 0.6) is 0 Å². The molecule has 1 fully saturated rings. The molecule has 0 radical (unpaired) electrons. The largest absolute Gasteiger partial charge is 0.476 e. The number of hydrogen-bond acceptors (Lipinski definition) is 7. The maximum Gasteiger partial charge on any atom is 0.356 e. The molecule has 0 spiro atoms. The number of hydrogen-bond donors (Lipinski definition) is 2. The van der Waals surface area contributed by atoms with Gasteiger partial charge in [0.15, 0.2) is 11.5 Å². The van der Waals surface area contributed by atoms with Crippen LogP contribution in [0.2, 0.25) is 0 Å². The average molecular weight is 317 g/mol. The number of aryl methyl sites for hydroxylation is 1. The van der Waals surface area contributed by atoms with Crippen molar-refractivity contribution in [2.45, 2.75) is 38.1 Å². The summed E-state index contributed by atoms with van der Waals surface area (Å²) in [6.07, 6.45) is 5.49. The number of carbonyl (C=O) groups is 2. The lowest BCUT2D eigenvalue weighted by Crippen LogP contribution is -2.45. The van der Waals surface area contributed by atoms with E-state index in [-0.39, 0.29) is 11.4 Å². The highest BCUT2D eigenvalue weighted by Gasteiger charge is 2.41. The van der Waals surface area contributed by atoms with Crippen molar-refractivity contribution in [2.75, 3.05) is 0 Å². The second-order valence-corrected chi connectivity index (χ2v) is 5.47. The third-order valence-electron chi connectivity index (χ3n) is 3.87. The zero-order valence-corrected chi connectivity index (χ0v) is 12.4. The molecule has 0 saturated heterocycles. The Balaban J connectivity index is 1.83. The van der Waals surface area contributed by atoms with Gasteiger partial charge >= 0.3 is 5.97 Å². The van der Waals surface area contributed by atoms with Gasteiger partial charge in [-0.05, 0) is 12.8 Å². The summed E-state index contributed by atoms with van der Waals surface area (Å²) in [5, 5.41) is 15.7. The van der Waals surface area contributed by atoms with Crippen molar-refractivity contribution in [3.63, 3.8) is 0 Å². The van der Waals surface area contributed by atoms with E-state index in [4.69, 9.17) is 9.63 Å². The minimum Gasteiger partial charge on any atom is -0.476 e. The Kier molecular flexibility index (Phi) is 3.77. The van der Waals surface area contributed by atoms with Crippen molar-refractivity contribution < 1.29 is 19.2 Å². The van der Waals surface area contributed by atoms with Crippen LogP contribution in [0.25, 0.3) is 0 Å². The van der Waals surface area contributed by atoms with Crippen molar-refractivity contribution in [3.8, 4) is 0 Å². The molecule has 9 heteroatoms. The molecule has 0 unspecified atom stereocenters. The van der Waals surface area contributed by atoms with E-state index >= 15 is 0 Å². The predicted molar refractivity (Wildman–Crippen MR) is 75.6 cm³/mol. The SMILES string of the molecule is Cc1nc(C2(NC(=O)c3cnc(C(=O)O)cn3)CCCC2)no1. The molecular formula is C14H15N5O4. The van der Waals surface area contributed by atoms with Gasteiger partial charge in [-0.15, -0.1) is 0 Å². The number of aromatic nitrogens is 4. The fraction of sp³-hybridized carbons (Fsp3) is 0.429. The number of nitrogens with one attached hydrogen (secondary N) is 1. The second kappa shape index (κ2) is 5.75. The van der Waals surface area contributed by atoms with Gasteiger partial charge in [0.2, 0.25) is 5.89 Å². The topological polar surface area (TPSA) is 131 Å². The fourth-order valence-corrected chi connectivity index (χ4v) is 2.71. The molecule has 0 atom stereocenters. The molecule has 1 aliphatic carbocycles. The Morgan fingerprint density at radius 3 is 2.39 bits per heavy atom. The van der Waals surface area contributed by atoms with Gasteiger partial charge in [-0.25, -0.2) is 14.8 Å². The van der Waals surface area contributed by atoms with E-state index in [1.165, 1.54) is 0 Å². The highest BCUT2D eigenvalue weighted by atomic mass is 16.5. The van der Waals surface area contributed by atoms with Crippen LogP contribution in [-0.4, -0.2) is 37.1 Å². The molecule has 0 bridgehead atoms. The molecule has 1 saturated carbocycles. The van der Waals surface area contributed by atoms with Crippen molar-refractivity contribution in [3.05, 3.63) is 35.5 Å². The van der Waals surface area contributed by atoms with Gasteiger partial charge in [0.1, 0.15) is 11.2 Å². The third-order valence-corrected chi connectivity index (χ3v) is 3.87. The molecule has 2 aromatic rings. The van der Waals surface area contributed by atoms with E-state index in [9.17, 15) is 9.59 Å². The fourth-order valence-electron chi connectivity index (χ4n) is 2.71. The summed E-state index contributed by atoms with van der Waals surface area (Å²) in [5.74, 6) is -0.750. The zero-order chi connectivity index (χ0) is 16.4. The van der Waals surface area contributed by atoms with Crippen molar-refractivity contribution in [2.24, 2.45) is 0 Å². The van der Waals surface area contributed by atoms with Crippen LogP contribution >= 0.6 is 0 Å². The van der Waals surface area contributed by atoms with Crippen LogP contribution in [0.15, 0.2) is 16.9 Å². The average Bonchev–Trinajstić information content (AvgIpc) is 3.17. The van der Waals surface area contributed by atoms with Crippen molar-refractivity contribution >= 4 is 11.9 Å². The molecule has 120 valence electrons. The highest BCUT2D eigenvalue weighted by Crippen LogP contribution is 2.37. The molecule has 1 aliphatic rings. The molecule has 2 heterocycles. The first-order chi connectivity index (χ1) is 11.0. The first kappa shape index (κ1) is 15.1. The van der Waals surface area contributed by atoms with Gasteiger partial charge in [0.05, 0.1) is 12.4 Å². The number of carboxylic acid groups (broad SMARTS) is 1. The van der Waals surface area contributed by atoms with E-state index in [0.717, 1.165) is 25.2 Å². The quantitative estimate of drug-likeness (QED) is 0.855. The lowest BCUT2D eigenvalue weighted by Gasteiger charge is -2.26. The van der Waals surface area contributed by atoms with Gasteiger partial charge in [-0.3, -0.25) is 4.79 Å². The zero-order valence-electron chi connectivity index (χ0n) is 12.4. The minimum atomic E-state index is -1.20. The lowest BCUT2D eigenvalue weighted by molar-refractivity contribution is 0.0688. The third kappa shape index (κ3) is 2.89. The Hall–Kier alpha value is -2.84. The highest BCUT2D eigenvalue weighted by molar-refractivity contribution is 5.93. The van der Waals surface area contributed by atoms with Crippen LogP contribution in [0.4, 0.5) is 0 Å². The van der Waals surface area contributed by atoms with Crippen molar-refractivity contribution in [1.29, 1.82) is 0 Å². The monoisotopic (exact) mass is 317 g/mol. The maximum absolute atomic E-state index is 12.4. The summed E-state index contributed by atoms with van der Waals surface area (Å²) in [6, 6.07) is 0. The smallest absolute Gasteiger partial charge is 0.356 e. The molecule has 2 aromatic heterocycles. The number of carboxylic acids is 1. The Labute approximate surface area is 131 Å².